The van der Waals surface area contributed by atoms with E-state index in [0.717, 1.165) is 11.3 Å². The average molecular weight is 277 g/mol. The quantitative estimate of drug-likeness (QED) is 0.917. The fourth-order valence-corrected chi connectivity index (χ4v) is 1.51. The summed E-state index contributed by atoms with van der Waals surface area (Å²) in [6.07, 6.45) is 0.485. The Kier molecular flexibility index (Phi) is 7.19. The van der Waals surface area contributed by atoms with Gasteiger partial charge in [0.1, 0.15) is 0 Å². The molecule has 3 nitrogen and oxygen atoms in total. The van der Waals surface area contributed by atoms with Gasteiger partial charge in [0.25, 0.3) is 0 Å². The Morgan fingerprint density at radius 1 is 1.47 bits per heavy atom. The van der Waals surface area contributed by atoms with E-state index in [1.165, 1.54) is 0 Å². The van der Waals surface area contributed by atoms with Crippen LogP contribution in [0.3, 0.4) is 0 Å². The summed E-state index contributed by atoms with van der Waals surface area (Å²) in [6.45, 7) is 2.62. The van der Waals surface area contributed by atoms with Gasteiger partial charge in [-0.1, -0.05) is 17.7 Å². The zero-order valence-electron chi connectivity index (χ0n) is 10.3. The molecule has 1 N–H and O–H groups in total. The second-order valence-electron chi connectivity index (χ2n) is 3.74. The highest BCUT2D eigenvalue weighted by Crippen LogP contribution is 2.22. The topological polar surface area (TPSA) is 32.3 Å². The molecule has 0 fully saturated rings. The fourth-order valence-electron chi connectivity index (χ4n) is 1.33. The standard InChI is InChI=1S/C12H17ClN2O.ClH/c1-9-4-5-10(8-11(9)13)15(3)12(16)6-7-14-2;/h4-5,8,14H,6-7H2,1-3H3;1H. The minimum absolute atomic E-state index is 0. The summed E-state index contributed by atoms with van der Waals surface area (Å²) in [5.74, 6) is 0.0780. The van der Waals surface area contributed by atoms with Crippen LogP contribution in [-0.4, -0.2) is 26.5 Å². The first kappa shape index (κ1) is 16.2. The molecule has 0 unspecified atom stereocenters. The third-order valence-electron chi connectivity index (χ3n) is 2.51. The first-order chi connectivity index (χ1) is 7.56. The van der Waals surface area contributed by atoms with Crippen molar-refractivity contribution in [2.24, 2.45) is 0 Å². The number of hydrogen-bond acceptors (Lipinski definition) is 2. The molecular weight excluding hydrogens is 259 g/mol. The molecule has 0 bridgehead atoms. The third-order valence-corrected chi connectivity index (χ3v) is 2.91. The Hall–Kier alpha value is -0.770. The molecule has 0 radical (unpaired) electrons. The van der Waals surface area contributed by atoms with Crippen LogP contribution in [0.1, 0.15) is 12.0 Å². The SMILES string of the molecule is CNCCC(=O)N(C)c1ccc(C)c(Cl)c1.Cl. The summed E-state index contributed by atoms with van der Waals surface area (Å²) in [5.41, 5.74) is 1.85. The molecule has 96 valence electrons. The van der Waals surface area contributed by atoms with Gasteiger partial charge >= 0.3 is 0 Å². The molecule has 0 aromatic heterocycles. The lowest BCUT2D eigenvalue weighted by Gasteiger charge is -2.18. The highest BCUT2D eigenvalue weighted by Gasteiger charge is 2.10. The molecule has 1 amide bonds. The zero-order valence-corrected chi connectivity index (χ0v) is 11.9. The van der Waals surface area contributed by atoms with Gasteiger partial charge in [-0.25, -0.2) is 0 Å². The van der Waals surface area contributed by atoms with Crippen molar-refractivity contribution in [2.75, 3.05) is 25.5 Å². The average Bonchev–Trinajstić information content (AvgIpc) is 2.28. The summed E-state index contributed by atoms with van der Waals surface area (Å²) in [4.78, 5) is 13.4. The number of carbonyl (C=O) groups is 1. The van der Waals surface area contributed by atoms with Crippen LogP contribution in [0.15, 0.2) is 18.2 Å². The van der Waals surface area contributed by atoms with Gasteiger partial charge in [0.05, 0.1) is 0 Å². The highest BCUT2D eigenvalue weighted by atomic mass is 35.5. The van der Waals surface area contributed by atoms with Crippen molar-refractivity contribution in [3.63, 3.8) is 0 Å². The Morgan fingerprint density at radius 2 is 2.12 bits per heavy atom. The molecule has 17 heavy (non-hydrogen) atoms. The Morgan fingerprint density at radius 3 is 2.65 bits per heavy atom. The van der Waals surface area contributed by atoms with E-state index in [-0.39, 0.29) is 18.3 Å². The minimum atomic E-state index is 0. The molecule has 0 aliphatic rings. The molecule has 0 aliphatic carbocycles. The molecule has 0 saturated heterocycles. The van der Waals surface area contributed by atoms with Gasteiger partial charge in [0.2, 0.25) is 5.91 Å². The summed E-state index contributed by atoms with van der Waals surface area (Å²) in [5, 5.41) is 3.64. The summed E-state index contributed by atoms with van der Waals surface area (Å²) in [6, 6.07) is 5.63. The molecule has 0 heterocycles. The van der Waals surface area contributed by atoms with Gasteiger partial charge in [-0.3, -0.25) is 4.79 Å². The van der Waals surface area contributed by atoms with Gasteiger partial charge in [0.15, 0.2) is 0 Å². The normalized spacial score (nSPS) is 9.65. The maximum Gasteiger partial charge on any atom is 0.227 e. The number of carbonyl (C=O) groups excluding carboxylic acids is 1. The first-order valence-corrected chi connectivity index (χ1v) is 5.61. The summed E-state index contributed by atoms with van der Waals surface area (Å²) < 4.78 is 0. The van der Waals surface area contributed by atoms with Crippen molar-refractivity contribution in [1.29, 1.82) is 0 Å². The van der Waals surface area contributed by atoms with Gasteiger partial charge in [-0.15, -0.1) is 12.4 Å². The van der Waals surface area contributed by atoms with E-state index >= 15 is 0 Å². The van der Waals surface area contributed by atoms with E-state index < -0.39 is 0 Å². The fraction of sp³-hybridized carbons (Fsp3) is 0.417. The number of halogens is 2. The highest BCUT2D eigenvalue weighted by molar-refractivity contribution is 6.31. The van der Waals surface area contributed by atoms with E-state index in [0.29, 0.717) is 18.0 Å². The van der Waals surface area contributed by atoms with Crippen molar-refractivity contribution >= 4 is 35.6 Å². The summed E-state index contributed by atoms with van der Waals surface area (Å²) in [7, 11) is 3.59. The van der Waals surface area contributed by atoms with Crippen LogP contribution in [0.4, 0.5) is 5.69 Å². The van der Waals surface area contributed by atoms with Gasteiger partial charge in [-0.2, -0.15) is 0 Å². The van der Waals surface area contributed by atoms with Gasteiger partial charge in [-0.05, 0) is 31.7 Å². The number of hydrogen-bond donors (Lipinski definition) is 1. The van der Waals surface area contributed by atoms with Crippen LogP contribution in [0.25, 0.3) is 0 Å². The lowest BCUT2D eigenvalue weighted by atomic mass is 10.2. The maximum atomic E-state index is 11.7. The zero-order chi connectivity index (χ0) is 12.1. The maximum absolute atomic E-state index is 11.7. The predicted molar refractivity (Wildman–Crippen MR) is 75.4 cm³/mol. The summed E-state index contributed by atoms with van der Waals surface area (Å²) >= 11 is 6.02. The van der Waals surface area contributed by atoms with E-state index in [1.807, 2.05) is 32.2 Å². The van der Waals surface area contributed by atoms with Crippen molar-refractivity contribution < 1.29 is 4.79 Å². The largest absolute Gasteiger partial charge is 0.319 e. The molecule has 0 aliphatic heterocycles. The lowest BCUT2D eigenvalue weighted by molar-refractivity contribution is -0.118. The van der Waals surface area contributed by atoms with Gasteiger partial charge in [0, 0.05) is 30.7 Å². The molecular formula is C12H18Cl2N2O. The van der Waals surface area contributed by atoms with E-state index in [1.54, 1.807) is 11.9 Å². The molecule has 0 spiro atoms. The van der Waals surface area contributed by atoms with Crippen LogP contribution in [-0.2, 0) is 4.79 Å². The van der Waals surface area contributed by atoms with E-state index in [4.69, 9.17) is 11.6 Å². The third kappa shape index (κ3) is 4.54. The minimum Gasteiger partial charge on any atom is -0.319 e. The Labute approximate surface area is 114 Å². The van der Waals surface area contributed by atoms with Crippen molar-refractivity contribution in [3.8, 4) is 0 Å². The molecule has 0 atom stereocenters. The molecule has 1 aromatic rings. The Bertz CT molecular complexity index is 383. The number of anilines is 1. The first-order valence-electron chi connectivity index (χ1n) is 5.23. The van der Waals surface area contributed by atoms with Crippen molar-refractivity contribution in [1.82, 2.24) is 5.32 Å². The van der Waals surface area contributed by atoms with Crippen LogP contribution in [0.2, 0.25) is 5.02 Å². The number of aryl methyl sites for hydroxylation is 1. The second-order valence-corrected chi connectivity index (χ2v) is 4.15. The second kappa shape index (κ2) is 7.54. The predicted octanol–water partition coefficient (Wildman–Crippen LogP) is 2.64. The van der Waals surface area contributed by atoms with E-state index in [9.17, 15) is 4.79 Å². The molecule has 5 heteroatoms. The number of amides is 1. The number of benzene rings is 1. The van der Waals surface area contributed by atoms with Crippen molar-refractivity contribution in [3.05, 3.63) is 28.8 Å². The number of nitrogens with one attached hydrogen (secondary N) is 1. The lowest BCUT2D eigenvalue weighted by Crippen LogP contribution is -2.28. The van der Waals surface area contributed by atoms with Crippen LogP contribution >= 0.6 is 24.0 Å². The Balaban J connectivity index is 0.00000256. The molecule has 1 aromatic carbocycles. The monoisotopic (exact) mass is 276 g/mol. The van der Waals surface area contributed by atoms with Crippen LogP contribution in [0.5, 0.6) is 0 Å². The smallest absolute Gasteiger partial charge is 0.227 e. The van der Waals surface area contributed by atoms with E-state index in [2.05, 4.69) is 5.32 Å². The number of rotatable bonds is 4. The number of nitrogens with zero attached hydrogens (tertiary/aromatic N) is 1. The van der Waals surface area contributed by atoms with Crippen LogP contribution in [0, 0.1) is 6.92 Å². The van der Waals surface area contributed by atoms with Crippen molar-refractivity contribution in [2.45, 2.75) is 13.3 Å². The molecule has 1 rings (SSSR count). The van der Waals surface area contributed by atoms with Crippen LogP contribution < -0.4 is 10.2 Å². The molecule has 0 saturated carbocycles. The van der Waals surface area contributed by atoms with Gasteiger partial charge < -0.3 is 10.2 Å².